The van der Waals surface area contributed by atoms with Crippen LogP contribution < -0.4 is 4.90 Å². The number of hydrogen-bond donors (Lipinski definition) is 0. The SMILES string of the molecule is C=CCOC(=O)[C@@]12O[C@]3(COC[C@H](c4ccccc4)N3C1=O)[C@@H]1C(=O)N(c3ccccc3)C(=O)[C@@H]12. The second-order valence-corrected chi connectivity index (χ2v) is 8.99. The highest BCUT2D eigenvalue weighted by Gasteiger charge is 2.86. The molecule has 1 spiro atoms. The van der Waals surface area contributed by atoms with Crippen molar-refractivity contribution in [1.29, 1.82) is 0 Å². The van der Waals surface area contributed by atoms with Crippen molar-refractivity contribution in [2.45, 2.75) is 17.4 Å². The van der Waals surface area contributed by atoms with Crippen LogP contribution in [-0.4, -0.2) is 59.7 Å². The average molecular weight is 474 g/mol. The van der Waals surface area contributed by atoms with Gasteiger partial charge in [0.25, 0.3) is 11.5 Å². The molecule has 178 valence electrons. The average Bonchev–Trinajstić information content (AvgIpc) is 3.45. The molecule has 0 radical (unpaired) electrons. The van der Waals surface area contributed by atoms with E-state index >= 15 is 0 Å². The normalized spacial score (nSPS) is 33.0. The maximum atomic E-state index is 14.1. The molecule has 3 amide bonds. The Hall–Kier alpha value is -3.82. The van der Waals surface area contributed by atoms with Gasteiger partial charge in [-0.25, -0.2) is 9.69 Å². The number of fused-ring (bicyclic) bond motifs is 3. The van der Waals surface area contributed by atoms with E-state index in [9.17, 15) is 19.2 Å². The monoisotopic (exact) mass is 474 g/mol. The van der Waals surface area contributed by atoms with E-state index < -0.39 is 52.9 Å². The van der Waals surface area contributed by atoms with Crippen molar-refractivity contribution < 1.29 is 33.4 Å². The minimum absolute atomic E-state index is 0.151. The van der Waals surface area contributed by atoms with Gasteiger partial charge < -0.3 is 14.2 Å². The van der Waals surface area contributed by atoms with Gasteiger partial charge >= 0.3 is 5.97 Å². The van der Waals surface area contributed by atoms with Crippen LogP contribution >= 0.6 is 0 Å². The van der Waals surface area contributed by atoms with E-state index in [1.807, 2.05) is 30.3 Å². The quantitative estimate of drug-likeness (QED) is 0.281. The van der Waals surface area contributed by atoms with Crippen LogP contribution in [0.3, 0.4) is 0 Å². The Balaban J connectivity index is 1.52. The molecule has 4 saturated heterocycles. The Kier molecular flexibility index (Phi) is 4.71. The number of piperidine rings is 1. The molecule has 2 bridgehead atoms. The first kappa shape index (κ1) is 21.7. The highest BCUT2D eigenvalue weighted by atomic mass is 16.6. The molecule has 2 aromatic carbocycles. The van der Waals surface area contributed by atoms with Gasteiger partial charge in [0, 0.05) is 0 Å². The molecule has 4 fully saturated rings. The lowest BCUT2D eigenvalue weighted by Crippen LogP contribution is -2.66. The Morgan fingerprint density at radius 2 is 1.69 bits per heavy atom. The Labute approximate surface area is 200 Å². The molecular formula is C26H22N2O7. The van der Waals surface area contributed by atoms with E-state index in [1.165, 1.54) is 11.0 Å². The maximum absolute atomic E-state index is 14.1. The lowest BCUT2D eigenvalue weighted by atomic mass is 9.73. The third-order valence-electron chi connectivity index (χ3n) is 7.24. The van der Waals surface area contributed by atoms with Gasteiger partial charge in [0.15, 0.2) is 5.72 Å². The second-order valence-electron chi connectivity index (χ2n) is 8.99. The molecule has 9 nitrogen and oxygen atoms in total. The second kappa shape index (κ2) is 7.59. The molecular weight excluding hydrogens is 452 g/mol. The first-order valence-electron chi connectivity index (χ1n) is 11.3. The van der Waals surface area contributed by atoms with E-state index in [1.54, 1.807) is 30.3 Å². The van der Waals surface area contributed by atoms with Crippen LogP contribution in [-0.2, 0) is 33.4 Å². The molecule has 2 aromatic rings. The van der Waals surface area contributed by atoms with E-state index in [-0.39, 0.29) is 19.8 Å². The van der Waals surface area contributed by atoms with Crippen molar-refractivity contribution in [2.24, 2.45) is 11.8 Å². The standard InChI is InChI=1S/C26H22N2O7/c1-2-13-34-24(32)26-20-19(21(29)27(22(20)30)17-11-7-4-8-12-17)25(35-26)15-33-14-18(28(25)23(26)31)16-9-5-3-6-10-16/h2-12,18-20H,1,13-15H2/t18-,19+,20-,25-,26+/m1/s1. The number of para-hydroxylation sites is 1. The van der Waals surface area contributed by atoms with E-state index in [4.69, 9.17) is 14.2 Å². The van der Waals surface area contributed by atoms with E-state index in [0.29, 0.717) is 5.69 Å². The van der Waals surface area contributed by atoms with Gasteiger partial charge in [0.2, 0.25) is 11.8 Å². The molecule has 9 heteroatoms. The zero-order chi connectivity index (χ0) is 24.4. The number of carbonyl (C=O) groups is 4. The Morgan fingerprint density at radius 3 is 2.37 bits per heavy atom. The molecule has 0 aliphatic carbocycles. The highest BCUT2D eigenvalue weighted by Crippen LogP contribution is 2.63. The van der Waals surface area contributed by atoms with Crippen LogP contribution in [0, 0.1) is 11.8 Å². The summed E-state index contributed by atoms with van der Waals surface area (Å²) in [5, 5.41) is 0. The maximum Gasteiger partial charge on any atom is 0.349 e. The van der Waals surface area contributed by atoms with Crippen molar-refractivity contribution >= 4 is 29.4 Å². The van der Waals surface area contributed by atoms with Crippen molar-refractivity contribution in [3.63, 3.8) is 0 Å². The fraction of sp³-hybridized carbons (Fsp3) is 0.308. The summed E-state index contributed by atoms with van der Waals surface area (Å²) in [5.74, 6) is -5.41. The number of ether oxygens (including phenoxy) is 3. The number of amides is 3. The van der Waals surface area contributed by atoms with Gasteiger partial charge in [-0.05, 0) is 17.7 Å². The number of benzene rings is 2. The van der Waals surface area contributed by atoms with Gasteiger partial charge in [-0.3, -0.25) is 19.3 Å². The minimum atomic E-state index is -2.29. The largest absolute Gasteiger partial charge is 0.459 e. The zero-order valence-corrected chi connectivity index (χ0v) is 18.7. The summed E-state index contributed by atoms with van der Waals surface area (Å²) in [6.45, 7) is 3.37. The third kappa shape index (κ3) is 2.65. The predicted molar refractivity (Wildman–Crippen MR) is 120 cm³/mol. The van der Waals surface area contributed by atoms with Gasteiger partial charge in [-0.2, -0.15) is 0 Å². The van der Waals surface area contributed by atoms with Crippen molar-refractivity contribution in [2.75, 3.05) is 24.7 Å². The molecule has 5 atom stereocenters. The van der Waals surface area contributed by atoms with Gasteiger partial charge in [-0.1, -0.05) is 61.2 Å². The zero-order valence-electron chi connectivity index (χ0n) is 18.7. The summed E-state index contributed by atoms with van der Waals surface area (Å²) in [6.07, 6.45) is 1.36. The van der Waals surface area contributed by atoms with Crippen LogP contribution in [0.5, 0.6) is 0 Å². The molecule has 4 heterocycles. The van der Waals surface area contributed by atoms with Crippen molar-refractivity contribution in [3.8, 4) is 0 Å². The first-order chi connectivity index (χ1) is 17.0. The number of carbonyl (C=O) groups excluding carboxylic acids is 4. The third-order valence-corrected chi connectivity index (χ3v) is 7.24. The van der Waals surface area contributed by atoms with Crippen LogP contribution in [0.25, 0.3) is 0 Å². The molecule has 4 aliphatic heterocycles. The summed E-state index contributed by atoms with van der Waals surface area (Å²) in [5.41, 5.74) is -2.79. The van der Waals surface area contributed by atoms with Crippen molar-refractivity contribution in [3.05, 3.63) is 78.9 Å². The highest BCUT2D eigenvalue weighted by molar-refractivity contribution is 6.28. The van der Waals surface area contributed by atoms with Crippen LogP contribution in [0.1, 0.15) is 11.6 Å². The van der Waals surface area contributed by atoms with Gasteiger partial charge in [0.05, 0.1) is 24.9 Å². The summed E-state index contributed by atoms with van der Waals surface area (Å²) in [6, 6.07) is 17.0. The fourth-order valence-corrected chi connectivity index (χ4v) is 5.90. The van der Waals surface area contributed by atoms with Gasteiger partial charge in [0.1, 0.15) is 18.4 Å². The smallest absolute Gasteiger partial charge is 0.349 e. The lowest BCUT2D eigenvalue weighted by Gasteiger charge is -2.48. The Bertz CT molecular complexity index is 1250. The Morgan fingerprint density at radius 1 is 1.03 bits per heavy atom. The molecule has 4 aliphatic rings. The number of rotatable bonds is 5. The van der Waals surface area contributed by atoms with Crippen molar-refractivity contribution in [1.82, 2.24) is 4.90 Å². The predicted octanol–water partition coefficient (Wildman–Crippen LogP) is 1.60. The molecule has 6 rings (SSSR count). The number of anilines is 1. The van der Waals surface area contributed by atoms with Gasteiger partial charge in [-0.15, -0.1) is 0 Å². The molecule has 0 saturated carbocycles. The fourth-order valence-electron chi connectivity index (χ4n) is 5.90. The summed E-state index contributed by atoms with van der Waals surface area (Å²) < 4.78 is 17.4. The lowest BCUT2D eigenvalue weighted by molar-refractivity contribution is -0.209. The topological polar surface area (TPSA) is 102 Å². The van der Waals surface area contributed by atoms with Crippen LogP contribution in [0.4, 0.5) is 5.69 Å². The van der Waals surface area contributed by atoms with Crippen LogP contribution in [0.15, 0.2) is 73.3 Å². The minimum Gasteiger partial charge on any atom is -0.459 e. The number of esters is 1. The van der Waals surface area contributed by atoms with Crippen LogP contribution in [0.2, 0.25) is 0 Å². The molecule has 0 N–H and O–H groups in total. The molecule has 0 aromatic heterocycles. The first-order valence-corrected chi connectivity index (χ1v) is 11.3. The van der Waals surface area contributed by atoms with E-state index in [2.05, 4.69) is 6.58 Å². The number of nitrogens with zero attached hydrogens (tertiary/aromatic N) is 2. The summed E-state index contributed by atoms with van der Waals surface area (Å²) >= 11 is 0. The number of hydrogen-bond acceptors (Lipinski definition) is 7. The summed E-state index contributed by atoms with van der Waals surface area (Å²) in [4.78, 5) is 57.6. The molecule has 35 heavy (non-hydrogen) atoms. The number of imide groups is 1. The van der Waals surface area contributed by atoms with E-state index in [0.717, 1.165) is 10.5 Å². The molecule has 0 unspecified atom stereocenters. The number of morpholine rings is 1. The summed E-state index contributed by atoms with van der Waals surface area (Å²) in [7, 11) is 0.